The molecular weight excluding hydrogens is 330 g/mol. The van der Waals surface area contributed by atoms with Crippen LogP contribution in [-0.4, -0.2) is 38.1 Å². The van der Waals surface area contributed by atoms with Gasteiger partial charge in [0.2, 0.25) is 5.91 Å². The number of rotatable bonds is 7. The largest absolute Gasteiger partial charge is 0.497 e. The number of likely N-dealkylation sites (N-methyl/N-ethyl adjacent to an activating group) is 1. The highest BCUT2D eigenvalue weighted by Gasteiger charge is 2.19. The number of hydrogen-bond acceptors (Lipinski definition) is 5. The number of nitrogens with one attached hydrogen (secondary N) is 1. The molecule has 0 bridgehead atoms. The molecule has 0 spiro atoms. The number of carbonyl (C=O) groups is 1. The first-order valence-corrected chi connectivity index (χ1v) is 8.20. The van der Waals surface area contributed by atoms with Gasteiger partial charge in [-0.25, -0.2) is 0 Å². The zero-order chi connectivity index (χ0) is 19.1. The van der Waals surface area contributed by atoms with E-state index in [4.69, 9.17) is 14.7 Å². The van der Waals surface area contributed by atoms with E-state index in [2.05, 4.69) is 11.4 Å². The van der Waals surface area contributed by atoms with Crippen molar-refractivity contribution in [2.75, 3.05) is 26.6 Å². The first kappa shape index (κ1) is 19.3. The summed E-state index contributed by atoms with van der Waals surface area (Å²) < 4.78 is 10.6. The van der Waals surface area contributed by atoms with E-state index in [1.54, 1.807) is 38.5 Å². The van der Waals surface area contributed by atoms with Gasteiger partial charge in [0.1, 0.15) is 11.5 Å². The molecule has 2 aromatic rings. The van der Waals surface area contributed by atoms with E-state index >= 15 is 0 Å². The van der Waals surface area contributed by atoms with Gasteiger partial charge < -0.3 is 14.8 Å². The van der Waals surface area contributed by atoms with Crippen molar-refractivity contribution in [2.24, 2.45) is 0 Å². The van der Waals surface area contributed by atoms with Crippen molar-refractivity contribution in [1.82, 2.24) is 4.90 Å². The first-order chi connectivity index (χ1) is 12.5. The minimum absolute atomic E-state index is 0.121. The Hall–Kier alpha value is -3.04. The maximum absolute atomic E-state index is 12.5. The van der Waals surface area contributed by atoms with E-state index in [0.29, 0.717) is 17.8 Å². The Morgan fingerprint density at radius 3 is 2.46 bits per heavy atom. The molecule has 0 fully saturated rings. The van der Waals surface area contributed by atoms with E-state index in [-0.39, 0.29) is 11.9 Å². The number of nitrogens with zero attached hydrogens (tertiary/aromatic N) is 2. The Labute approximate surface area is 153 Å². The molecule has 2 aromatic carbocycles. The van der Waals surface area contributed by atoms with Crippen molar-refractivity contribution in [3.05, 3.63) is 53.6 Å². The Morgan fingerprint density at radius 2 is 1.88 bits per heavy atom. The quantitative estimate of drug-likeness (QED) is 0.828. The highest BCUT2D eigenvalue weighted by molar-refractivity contribution is 5.94. The van der Waals surface area contributed by atoms with Crippen LogP contribution in [0.4, 0.5) is 5.69 Å². The summed E-state index contributed by atoms with van der Waals surface area (Å²) in [5.74, 6) is 1.32. The molecule has 1 N–H and O–H groups in total. The van der Waals surface area contributed by atoms with E-state index < -0.39 is 0 Å². The third kappa shape index (κ3) is 4.74. The number of amides is 1. The first-order valence-electron chi connectivity index (χ1n) is 8.20. The second-order valence-corrected chi connectivity index (χ2v) is 5.95. The minimum Gasteiger partial charge on any atom is -0.497 e. The number of carbonyl (C=O) groups excluding carboxylic acids is 1. The number of methoxy groups -OCH3 is 2. The maximum atomic E-state index is 12.5. The summed E-state index contributed by atoms with van der Waals surface area (Å²) >= 11 is 0. The summed E-state index contributed by atoms with van der Waals surface area (Å²) in [6.45, 7) is 2.39. The van der Waals surface area contributed by atoms with Gasteiger partial charge in [-0.1, -0.05) is 6.07 Å². The molecule has 1 atom stereocenters. The van der Waals surface area contributed by atoms with Gasteiger partial charge in [-0.05, 0) is 44.3 Å². The molecule has 0 aliphatic heterocycles. The molecule has 136 valence electrons. The van der Waals surface area contributed by atoms with Gasteiger partial charge in [0, 0.05) is 23.9 Å². The number of ether oxygens (including phenoxy) is 2. The topological polar surface area (TPSA) is 74.6 Å². The van der Waals surface area contributed by atoms with Gasteiger partial charge in [0.25, 0.3) is 0 Å². The van der Waals surface area contributed by atoms with Crippen LogP contribution in [0.25, 0.3) is 0 Å². The van der Waals surface area contributed by atoms with Crippen molar-refractivity contribution in [3.8, 4) is 17.6 Å². The number of benzene rings is 2. The van der Waals surface area contributed by atoms with E-state index in [1.807, 2.05) is 37.1 Å². The van der Waals surface area contributed by atoms with Gasteiger partial charge in [0.05, 0.1) is 31.9 Å². The third-order valence-electron chi connectivity index (χ3n) is 4.24. The van der Waals surface area contributed by atoms with Crippen LogP contribution in [0.15, 0.2) is 42.5 Å². The van der Waals surface area contributed by atoms with E-state index in [1.165, 1.54) is 0 Å². The van der Waals surface area contributed by atoms with Crippen LogP contribution in [0.2, 0.25) is 0 Å². The number of nitriles is 1. The van der Waals surface area contributed by atoms with Crippen LogP contribution in [0.1, 0.15) is 18.1 Å². The van der Waals surface area contributed by atoms with Gasteiger partial charge in [-0.3, -0.25) is 9.69 Å². The van der Waals surface area contributed by atoms with Crippen LogP contribution < -0.4 is 14.8 Å². The van der Waals surface area contributed by atoms with Crippen molar-refractivity contribution < 1.29 is 14.3 Å². The third-order valence-corrected chi connectivity index (χ3v) is 4.24. The predicted octanol–water partition coefficient (Wildman–Crippen LogP) is 3.03. The lowest BCUT2D eigenvalue weighted by atomic mass is 10.1. The molecule has 0 aliphatic rings. The molecule has 0 radical (unpaired) electrons. The summed E-state index contributed by atoms with van der Waals surface area (Å²) in [5, 5.41) is 11.7. The average Bonchev–Trinajstić information content (AvgIpc) is 2.68. The molecule has 1 amide bonds. The highest BCUT2D eigenvalue weighted by atomic mass is 16.5. The minimum atomic E-state index is -0.350. The normalized spacial score (nSPS) is 11.5. The van der Waals surface area contributed by atoms with Crippen molar-refractivity contribution in [3.63, 3.8) is 0 Å². The van der Waals surface area contributed by atoms with Crippen molar-refractivity contribution >= 4 is 11.6 Å². The lowest BCUT2D eigenvalue weighted by Gasteiger charge is -2.25. The molecular formula is C20H23N3O3. The standard InChI is InChI=1S/C20H23N3O3/c1-14(20(24)22-17-8-5-15(12-21)6-9-17)23(2)13-16-7-10-18(25-3)11-19(16)26-4/h5-11,14H,13H2,1-4H3,(H,22,24)/t14-/m0/s1. The van der Waals surface area contributed by atoms with Crippen LogP contribution in [0.3, 0.4) is 0 Å². The average molecular weight is 353 g/mol. The summed E-state index contributed by atoms with van der Waals surface area (Å²) in [4.78, 5) is 14.4. The fourth-order valence-corrected chi connectivity index (χ4v) is 2.46. The van der Waals surface area contributed by atoms with Gasteiger partial charge in [-0.15, -0.1) is 0 Å². The van der Waals surface area contributed by atoms with Gasteiger partial charge in [0.15, 0.2) is 0 Å². The Balaban J connectivity index is 2.03. The Morgan fingerprint density at radius 1 is 1.19 bits per heavy atom. The molecule has 0 saturated heterocycles. The lowest BCUT2D eigenvalue weighted by molar-refractivity contribution is -0.120. The summed E-state index contributed by atoms with van der Waals surface area (Å²) in [6, 6.07) is 14.1. The van der Waals surface area contributed by atoms with E-state index in [9.17, 15) is 4.79 Å². The Bertz CT molecular complexity index is 797. The molecule has 0 heterocycles. The zero-order valence-electron chi connectivity index (χ0n) is 15.4. The monoisotopic (exact) mass is 353 g/mol. The van der Waals surface area contributed by atoms with Crippen molar-refractivity contribution in [2.45, 2.75) is 19.5 Å². The SMILES string of the molecule is COc1ccc(CN(C)[C@@H](C)C(=O)Nc2ccc(C#N)cc2)c(OC)c1. The predicted molar refractivity (Wildman–Crippen MR) is 100 cm³/mol. The molecule has 2 rings (SSSR count). The van der Waals surface area contributed by atoms with Crippen LogP contribution in [0.5, 0.6) is 11.5 Å². The highest BCUT2D eigenvalue weighted by Crippen LogP contribution is 2.26. The summed E-state index contributed by atoms with van der Waals surface area (Å²) in [5.41, 5.74) is 2.19. The van der Waals surface area contributed by atoms with Crippen LogP contribution >= 0.6 is 0 Å². The van der Waals surface area contributed by atoms with Gasteiger partial charge >= 0.3 is 0 Å². The smallest absolute Gasteiger partial charge is 0.241 e. The lowest BCUT2D eigenvalue weighted by Crippen LogP contribution is -2.39. The van der Waals surface area contributed by atoms with Crippen LogP contribution in [-0.2, 0) is 11.3 Å². The maximum Gasteiger partial charge on any atom is 0.241 e. The fraction of sp³-hybridized carbons (Fsp3) is 0.300. The molecule has 6 heteroatoms. The fourth-order valence-electron chi connectivity index (χ4n) is 2.46. The second kappa shape index (κ2) is 8.88. The van der Waals surface area contributed by atoms with Crippen molar-refractivity contribution in [1.29, 1.82) is 5.26 Å². The molecule has 26 heavy (non-hydrogen) atoms. The molecule has 0 aliphatic carbocycles. The number of anilines is 1. The Kier molecular flexibility index (Phi) is 6.59. The zero-order valence-corrected chi connectivity index (χ0v) is 15.4. The molecule has 0 unspecified atom stereocenters. The molecule has 6 nitrogen and oxygen atoms in total. The molecule has 0 aromatic heterocycles. The van der Waals surface area contributed by atoms with Gasteiger partial charge in [-0.2, -0.15) is 5.26 Å². The second-order valence-electron chi connectivity index (χ2n) is 5.95. The van der Waals surface area contributed by atoms with E-state index in [0.717, 1.165) is 17.1 Å². The summed E-state index contributed by atoms with van der Waals surface area (Å²) in [7, 11) is 5.10. The molecule has 0 saturated carbocycles. The number of hydrogen-bond donors (Lipinski definition) is 1. The van der Waals surface area contributed by atoms with Crippen LogP contribution in [0, 0.1) is 11.3 Å². The summed E-state index contributed by atoms with van der Waals surface area (Å²) in [6.07, 6.45) is 0.